The van der Waals surface area contributed by atoms with Crippen molar-refractivity contribution in [1.29, 1.82) is 0 Å². The summed E-state index contributed by atoms with van der Waals surface area (Å²) in [4.78, 5) is 0. The molecule has 1 aliphatic rings. The third-order valence-corrected chi connectivity index (χ3v) is 4.18. The van der Waals surface area contributed by atoms with Crippen LogP contribution in [0.1, 0.15) is 51.5 Å². The topological polar surface area (TPSA) is 12.0 Å². The molecule has 0 saturated heterocycles. The summed E-state index contributed by atoms with van der Waals surface area (Å²) < 4.78 is 0. The highest BCUT2D eigenvalue weighted by molar-refractivity contribution is 5.59. The maximum atomic E-state index is 4.10. The van der Waals surface area contributed by atoms with Crippen molar-refractivity contribution in [1.82, 2.24) is 0 Å². The van der Waals surface area contributed by atoms with Gasteiger partial charge >= 0.3 is 0 Å². The fourth-order valence-corrected chi connectivity index (χ4v) is 3.34. The van der Waals surface area contributed by atoms with Gasteiger partial charge in [0, 0.05) is 17.6 Å². The lowest BCUT2D eigenvalue weighted by molar-refractivity contribution is 0.374. The molecule has 1 N–H and O–H groups in total. The van der Waals surface area contributed by atoms with Crippen molar-refractivity contribution in [3.05, 3.63) is 42.0 Å². The van der Waals surface area contributed by atoms with Gasteiger partial charge < -0.3 is 5.32 Å². The molecule has 0 spiro atoms. The molecule has 0 aliphatic carbocycles. The Bertz CT molecular complexity index is 421. The minimum atomic E-state index is 0.590. The van der Waals surface area contributed by atoms with Crippen LogP contribution in [0.5, 0.6) is 0 Å². The van der Waals surface area contributed by atoms with E-state index in [1.807, 2.05) is 0 Å². The Morgan fingerprint density at radius 2 is 2.06 bits per heavy atom. The molecule has 0 bridgehead atoms. The monoisotopic (exact) mass is 243 g/mol. The molecule has 0 saturated carbocycles. The standard InChI is InChI=1S/C17H25N/c1-5-13(11-12(3)4)17-14-9-7-8-10-16(14)18-15(17)6-2/h7-10,13,15,17-18H,3,5-6,11H2,1-2,4H3. The Labute approximate surface area is 111 Å². The largest absolute Gasteiger partial charge is 0.381 e. The van der Waals surface area contributed by atoms with Gasteiger partial charge in [-0.2, -0.15) is 0 Å². The van der Waals surface area contributed by atoms with Crippen LogP contribution >= 0.6 is 0 Å². The summed E-state index contributed by atoms with van der Waals surface area (Å²) in [5, 5.41) is 3.69. The first-order valence-corrected chi connectivity index (χ1v) is 7.17. The van der Waals surface area contributed by atoms with Crippen LogP contribution in [-0.2, 0) is 0 Å². The van der Waals surface area contributed by atoms with E-state index in [2.05, 4.69) is 56.9 Å². The van der Waals surface area contributed by atoms with Gasteiger partial charge in [-0.1, -0.05) is 44.0 Å². The predicted molar refractivity (Wildman–Crippen MR) is 80.1 cm³/mol. The van der Waals surface area contributed by atoms with Gasteiger partial charge in [0.25, 0.3) is 0 Å². The van der Waals surface area contributed by atoms with Crippen LogP contribution in [-0.4, -0.2) is 6.04 Å². The molecule has 0 amide bonds. The van der Waals surface area contributed by atoms with Crippen molar-refractivity contribution >= 4 is 5.69 Å². The second-order valence-corrected chi connectivity index (χ2v) is 5.60. The molecule has 1 aliphatic heterocycles. The van der Waals surface area contributed by atoms with Gasteiger partial charge in [-0.05, 0) is 37.3 Å². The number of rotatable bonds is 5. The molecule has 1 aromatic carbocycles. The molecule has 3 atom stereocenters. The van der Waals surface area contributed by atoms with Gasteiger partial charge in [0.1, 0.15) is 0 Å². The summed E-state index contributed by atoms with van der Waals surface area (Å²) in [5.74, 6) is 1.36. The minimum Gasteiger partial charge on any atom is -0.381 e. The van der Waals surface area contributed by atoms with Crippen LogP contribution in [0.25, 0.3) is 0 Å². The van der Waals surface area contributed by atoms with Crippen molar-refractivity contribution in [3.63, 3.8) is 0 Å². The molecule has 0 aromatic heterocycles. The molecule has 1 nitrogen and oxygen atoms in total. The van der Waals surface area contributed by atoms with Crippen molar-refractivity contribution in [2.24, 2.45) is 5.92 Å². The highest BCUT2D eigenvalue weighted by atomic mass is 15.0. The van der Waals surface area contributed by atoms with Gasteiger partial charge in [-0.3, -0.25) is 0 Å². The molecule has 0 radical (unpaired) electrons. The lowest BCUT2D eigenvalue weighted by atomic mass is 9.77. The first-order valence-electron chi connectivity index (χ1n) is 7.17. The van der Waals surface area contributed by atoms with Crippen LogP contribution in [0.4, 0.5) is 5.69 Å². The second kappa shape index (κ2) is 5.60. The normalized spacial score (nSPS) is 23.3. The number of benzene rings is 1. The lowest BCUT2D eigenvalue weighted by Gasteiger charge is -2.28. The number of allylic oxidation sites excluding steroid dienone is 1. The van der Waals surface area contributed by atoms with Crippen LogP contribution < -0.4 is 5.32 Å². The maximum Gasteiger partial charge on any atom is 0.0378 e. The number of para-hydroxylation sites is 1. The van der Waals surface area contributed by atoms with E-state index in [1.165, 1.54) is 29.7 Å². The van der Waals surface area contributed by atoms with E-state index in [1.54, 1.807) is 0 Å². The Morgan fingerprint density at radius 3 is 2.67 bits per heavy atom. The zero-order valence-corrected chi connectivity index (χ0v) is 11.9. The van der Waals surface area contributed by atoms with E-state index in [0.717, 1.165) is 6.42 Å². The summed E-state index contributed by atoms with van der Waals surface area (Å²) in [7, 11) is 0. The van der Waals surface area contributed by atoms with Crippen molar-refractivity contribution < 1.29 is 0 Å². The van der Waals surface area contributed by atoms with Gasteiger partial charge in [-0.25, -0.2) is 0 Å². The van der Waals surface area contributed by atoms with Crippen molar-refractivity contribution in [3.8, 4) is 0 Å². The lowest BCUT2D eigenvalue weighted by Crippen LogP contribution is -2.25. The third kappa shape index (κ3) is 2.45. The van der Waals surface area contributed by atoms with Gasteiger partial charge in [0.15, 0.2) is 0 Å². The Morgan fingerprint density at radius 1 is 1.33 bits per heavy atom. The second-order valence-electron chi connectivity index (χ2n) is 5.60. The summed E-state index contributed by atoms with van der Waals surface area (Å²) in [6.45, 7) is 10.8. The molecule has 1 heteroatoms. The van der Waals surface area contributed by atoms with E-state index in [-0.39, 0.29) is 0 Å². The average molecular weight is 243 g/mol. The van der Waals surface area contributed by atoms with Crippen LogP contribution in [0, 0.1) is 5.92 Å². The van der Waals surface area contributed by atoms with E-state index in [0.29, 0.717) is 17.9 Å². The molecule has 0 fully saturated rings. The highest BCUT2D eigenvalue weighted by Crippen LogP contribution is 2.44. The highest BCUT2D eigenvalue weighted by Gasteiger charge is 2.35. The number of fused-ring (bicyclic) bond motifs is 1. The Kier molecular flexibility index (Phi) is 4.11. The summed E-state index contributed by atoms with van der Waals surface area (Å²) in [6.07, 6.45) is 3.56. The van der Waals surface area contributed by atoms with E-state index in [9.17, 15) is 0 Å². The van der Waals surface area contributed by atoms with E-state index >= 15 is 0 Å². The quantitative estimate of drug-likeness (QED) is 0.720. The molecule has 3 unspecified atom stereocenters. The predicted octanol–water partition coefficient (Wildman–Crippen LogP) is 4.97. The third-order valence-electron chi connectivity index (χ3n) is 4.18. The minimum absolute atomic E-state index is 0.590. The Balaban J connectivity index is 2.30. The van der Waals surface area contributed by atoms with Gasteiger partial charge in [-0.15, -0.1) is 6.58 Å². The number of nitrogens with one attached hydrogen (secondary N) is 1. The summed E-state index contributed by atoms with van der Waals surface area (Å²) in [6, 6.07) is 9.39. The van der Waals surface area contributed by atoms with E-state index < -0.39 is 0 Å². The van der Waals surface area contributed by atoms with E-state index in [4.69, 9.17) is 0 Å². The van der Waals surface area contributed by atoms with Gasteiger partial charge in [0.2, 0.25) is 0 Å². The molecule has 98 valence electrons. The zero-order valence-electron chi connectivity index (χ0n) is 11.9. The SMILES string of the molecule is C=C(C)CC(CC)C1c2ccccc2NC1CC. The molecule has 18 heavy (non-hydrogen) atoms. The summed E-state index contributed by atoms with van der Waals surface area (Å²) in [5.41, 5.74) is 4.16. The maximum absolute atomic E-state index is 4.10. The van der Waals surface area contributed by atoms with Crippen LogP contribution in [0.3, 0.4) is 0 Å². The van der Waals surface area contributed by atoms with Crippen LogP contribution in [0.2, 0.25) is 0 Å². The fourth-order valence-electron chi connectivity index (χ4n) is 3.34. The molecule has 2 rings (SSSR count). The summed E-state index contributed by atoms with van der Waals surface area (Å²) >= 11 is 0. The Hall–Kier alpha value is -1.24. The van der Waals surface area contributed by atoms with Crippen LogP contribution in [0.15, 0.2) is 36.4 Å². The molecular weight excluding hydrogens is 218 g/mol. The first kappa shape index (κ1) is 13.2. The number of hydrogen-bond donors (Lipinski definition) is 1. The average Bonchev–Trinajstić information content (AvgIpc) is 2.74. The zero-order chi connectivity index (χ0) is 13.1. The number of anilines is 1. The molecule has 1 aromatic rings. The smallest absolute Gasteiger partial charge is 0.0378 e. The molecular formula is C17H25N. The molecule has 1 heterocycles. The van der Waals surface area contributed by atoms with Gasteiger partial charge in [0.05, 0.1) is 0 Å². The first-order chi connectivity index (χ1) is 8.67. The fraction of sp³-hybridized carbons (Fsp3) is 0.529. The number of hydrogen-bond acceptors (Lipinski definition) is 1. The van der Waals surface area contributed by atoms with Crippen molar-refractivity contribution in [2.75, 3.05) is 5.32 Å². The van der Waals surface area contributed by atoms with Crippen molar-refractivity contribution in [2.45, 2.75) is 52.0 Å².